The van der Waals surface area contributed by atoms with Gasteiger partial charge in [0.15, 0.2) is 0 Å². The smallest absolute Gasteiger partial charge is 0.359 e. The maximum atomic E-state index is 12.3. The Labute approximate surface area is 92.8 Å². The molecule has 5 nitrogen and oxygen atoms in total. The highest BCUT2D eigenvalue weighted by Gasteiger charge is 2.30. The Kier molecular flexibility index (Phi) is 2.41. The van der Waals surface area contributed by atoms with Crippen molar-refractivity contribution in [2.24, 2.45) is 0 Å². The highest BCUT2D eigenvalue weighted by molar-refractivity contribution is 5.66. The maximum Gasteiger partial charge on any atom is 0.416 e. The van der Waals surface area contributed by atoms with Crippen molar-refractivity contribution in [1.82, 2.24) is 5.16 Å². The number of alkyl halides is 3. The summed E-state index contributed by atoms with van der Waals surface area (Å²) in [4.78, 5) is 0.0396. The van der Waals surface area contributed by atoms with E-state index < -0.39 is 11.7 Å². The molecule has 2 aromatic rings. The van der Waals surface area contributed by atoms with E-state index in [-0.39, 0.29) is 22.0 Å². The van der Waals surface area contributed by atoms with E-state index in [1.54, 1.807) is 0 Å². The Morgan fingerprint density at radius 1 is 1.24 bits per heavy atom. The fourth-order valence-electron chi connectivity index (χ4n) is 1.33. The molecule has 0 saturated carbocycles. The van der Waals surface area contributed by atoms with E-state index in [9.17, 15) is 18.4 Å². The number of halogens is 3. The Morgan fingerprint density at radius 2 is 1.82 bits per heavy atom. The van der Waals surface area contributed by atoms with Gasteiger partial charge in [-0.15, -0.1) is 0 Å². The summed E-state index contributed by atoms with van der Waals surface area (Å²) in [5.74, 6) is -0.181. The summed E-state index contributed by atoms with van der Waals surface area (Å²) in [5, 5.41) is 14.3. The molecule has 0 radical (unpaired) electrons. The first-order valence-electron chi connectivity index (χ1n) is 4.42. The van der Waals surface area contributed by atoms with E-state index in [4.69, 9.17) is 5.73 Å². The molecular weight excluding hydrogens is 239 g/mol. The molecule has 1 aromatic heterocycles. The number of hydrogen-bond donors (Lipinski definition) is 1. The van der Waals surface area contributed by atoms with Crippen molar-refractivity contribution in [2.45, 2.75) is 6.18 Å². The van der Waals surface area contributed by atoms with Crippen molar-refractivity contribution in [2.75, 3.05) is 5.73 Å². The summed E-state index contributed by atoms with van der Waals surface area (Å²) in [6, 6.07) is 3.95. The van der Waals surface area contributed by atoms with Crippen LogP contribution in [0.2, 0.25) is 0 Å². The summed E-state index contributed by atoms with van der Waals surface area (Å²) in [5.41, 5.74) is 4.63. The normalized spacial score (nSPS) is 11.7. The van der Waals surface area contributed by atoms with Gasteiger partial charge in [-0.2, -0.15) is 13.2 Å². The zero-order valence-electron chi connectivity index (χ0n) is 8.23. The molecular formula is C9H6F3N3O2. The van der Waals surface area contributed by atoms with Crippen molar-refractivity contribution in [1.29, 1.82) is 0 Å². The van der Waals surface area contributed by atoms with Crippen LogP contribution in [-0.2, 0) is 6.18 Å². The minimum absolute atomic E-state index is 0.0396. The lowest BCUT2D eigenvalue weighted by Gasteiger charge is -2.06. The number of anilines is 1. The van der Waals surface area contributed by atoms with E-state index in [1.165, 1.54) is 0 Å². The Bertz CT molecular complexity index is 514. The van der Waals surface area contributed by atoms with Gasteiger partial charge in [-0.25, -0.2) is 0 Å². The van der Waals surface area contributed by atoms with Gasteiger partial charge in [-0.1, -0.05) is 0 Å². The van der Waals surface area contributed by atoms with Gasteiger partial charge in [0.25, 0.3) is 0 Å². The first kappa shape index (κ1) is 11.2. The number of benzene rings is 1. The van der Waals surface area contributed by atoms with Crippen molar-refractivity contribution in [3.05, 3.63) is 35.0 Å². The number of aromatic nitrogens is 2. The van der Waals surface area contributed by atoms with Gasteiger partial charge in [0, 0.05) is 5.56 Å². The SMILES string of the molecule is Nc1no[n+]([O-])c1-c1ccc(C(F)(F)F)cc1. The number of hydrogen-bond acceptors (Lipinski definition) is 4. The topological polar surface area (TPSA) is 79.0 Å². The van der Waals surface area contributed by atoms with Crippen LogP contribution in [0.3, 0.4) is 0 Å². The minimum Gasteiger partial charge on any atom is -0.359 e. The van der Waals surface area contributed by atoms with E-state index >= 15 is 0 Å². The van der Waals surface area contributed by atoms with Crippen LogP contribution < -0.4 is 10.6 Å². The molecule has 90 valence electrons. The highest BCUT2D eigenvalue weighted by atomic mass is 19.4. The average molecular weight is 245 g/mol. The summed E-state index contributed by atoms with van der Waals surface area (Å²) in [6.45, 7) is 0. The molecule has 0 atom stereocenters. The molecule has 0 spiro atoms. The fraction of sp³-hybridized carbons (Fsp3) is 0.111. The van der Waals surface area contributed by atoms with Crippen molar-refractivity contribution in [3.63, 3.8) is 0 Å². The zero-order valence-corrected chi connectivity index (χ0v) is 8.23. The summed E-state index contributed by atoms with van der Waals surface area (Å²) < 4.78 is 41.1. The van der Waals surface area contributed by atoms with Crippen LogP contribution in [0.4, 0.5) is 19.0 Å². The molecule has 2 N–H and O–H groups in total. The molecule has 0 saturated heterocycles. The quantitative estimate of drug-likeness (QED) is 0.773. The largest absolute Gasteiger partial charge is 0.416 e. The molecule has 0 aliphatic heterocycles. The standard InChI is InChI=1S/C9H6F3N3O2/c10-9(11,12)6-3-1-5(2-4-6)7-8(13)14-17-15(7)16/h1-4H,(H2,13,14). The minimum atomic E-state index is -4.42. The molecule has 2 rings (SSSR count). The molecule has 0 aliphatic carbocycles. The Morgan fingerprint density at radius 3 is 2.24 bits per heavy atom. The monoisotopic (exact) mass is 245 g/mol. The molecule has 17 heavy (non-hydrogen) atoms. The lowest BCUT2D eigenvalue weighted by Crippen LogP contribution is -2.25. The van der Waals surface area contributed by atoms with E-state index in [0.717, 1.165) is 24.3 Å². The Balaban J connectivity index is 2.43. The van der Waals surface area contributed by atoms with E-state index in [2.05, 4.69) is 9.79 Å². The van der Waals surface area contributed by atoms with Gasteiger partial charge in [0.05, 0.1) is 10.7 Å². The first-order valence-corrected chi connectivity index (χ1v) is 4.42. The average Bonchev–Trinajstić information content (AvgIpc) is 2.58. The lowest BCUT2D eigenvalue weighted by atomic mass is 10.1. The number of rotatable bonds is 1. The predicted octanol–water partition coefficient (Wildman–Crippen LogP) is 1.58. The third-order valence-corrected chi connectivity index (χ3v) is 2.12. The molecule has 0 aliphatic rings. The Hall–Kier alpha value is -2.25. The van der Waals surface area contributed by atoms with E-state index in [1.807, 2.05) is 0 Å². The third kappa shape index (κ3) is 2.01. The summed E-state index contributed by atoms with van der Waals surface area (Å²) in [6.07, 6.45) is -4.42. The van der Waals surface area contributed by atoms with Crippen molar-refractivity contribution >= 4 is 5.82 Å². The molecule has 1 heterocycles. The van der Waals surface area contributed by atoms with E-state index in [0.29, 0.717) is 0 Å². The second-order valence-corrected chi connectivity index (χ2v) is 3.24. The van der Waals surface area contributed by atoms with Crippen LogP contribution in [0, 0.1) is 5.21 Å². The zero-order chi connectivity index (χ0) is 12.6. The maximum absolute atomic E-state index is 12.3. The van der Waals surface area contributed by atoms with Crippen LogP contribution >= 0.6 is 0 Å². The number of nitrogens with two attached hydrogens (primary N) is 1. The van der Waals surface area contributed by atoms with Crippen molar-refractivity contribution < 1.29 is 22.7 Å². The molecule has 0 bridgehead atoms. The predicted molar refractivity (Wildman–Crippen MR) is 50.3 cm³/mol. The van der Waals surface area contributed by atoms with Gasteiger partial charge in [-0.05, 0) is 29.2 Å². The molecule has 0 unspecified atom stereocenters. The van der Waals surface area contributed by atoms with Crippen LogP contribution in [0.15, 0.2) is 28.9 Å². The highest BCUT2D eigenvalue weighted by Crippen LogP contribution is 2.31. The van der Waals surface area contributed by atoms with Crippen LogP contribution in [0.1, 0.15) is 5.56 Å². The van der Waals surface area contributed by atoms with Crippen LogP contribution in [-0.4, -0.2) is 5.16 Å². The molecule has 0 fully saturated rings. The van der Waals surface area contributed by atoms with Crippen LogP contribution in [0.5, 0.6) is 0 Å². The van der Waals surface area contributed by atoms with Crippen molar-refractivity contribution in [3.8, 4) is 11.3 Å². The number of nitrogens with zero attached hydrogens (tertiary/aromatic N) is 2. The van der Waals surface area contributed by atoms with Crippen LogP contribution in [0.25, 0.3) is 11.3 Å². The second-order valence-electron chi connectivity index (χ2n) is 3.24. The lowest BCUT2D eigenvalue weighted by molar-refractivity contribution is -0.793. The summed E-state index contributed by atoms with van der Waals surface area (Å²) in [7, 11) is 0. The van der Waals surface area contributed by atoms with Gasteiger partial charge in [-0.3, -0.25) is 4.63 Å². The second kappa shape index (κ2) is 3.65. The van der Waals surface area contributed by atoms with Gasteiger partial charge < -0.3 is 10.9 Å². The molecule has 8 heteroatoms. The van der Waals surface area contributed by atoms with Gasteiger partial charge in [0.1, 0.15) is 0 Å². The number of nitrogen functional groups attached to an aromatic ring is 1. The first-order chi connectivity index (χ1) is 7.89. The summed E-state index contributed by atoms with van der Waals surface area (Å²) >= 11 is 0. The molecule has 1 aromatic carbocycles. The van der Waals surface area contributed by atoms with Gasteiger partial charge >= 0.3 is 12.0 Å². The fourth-order valence-corrected chi connectivity index (χ4v) is 1.33. The molecule has 0 amide bonds. The third-order valence-electron chi connectivity index (χ3n) is 2.12. The van der Waals surface area contributed by atoms with Gasteiger partial charge in [0.2, 0.25) is 5.69 Å².